The van der Waals surface area contributed by atoms with Crippen LogP contribution in [0.2, 0.25) is 0 Å². The summed E-state index contributed by atoms with van der Waals surface area (Å²) in [6.07, 6.45) is -0.578. The van der Waals surface area contributed by atoms with Crippen LogP contribution in [-0.2, 0) is 15.1 Å². The largest absolute Gasteiger partial charge is 0.497 e. The molecule has 1 aliphatic heterocycles. The van der Waals surface area contributed by atoms with Crippen LogP contribution in [0.15, 0.2) is 127 Å². The van der Waals surface area contributed by atoms with Crippen LogP contribution in [0.3, 0.4) is 0 Å². The summed E-state index contributed by atoms with van der Waals surface area (Å²) in [5, 5.41) is 18.3. The molecule has 0 spiro atoms. The maximum absolute atomic E-state index is 12.9. The third kappa shape index (κ3) is 6.38. The Hall–Kier alpha value is -6.31. The summed E-state index contributed by atoms with van der Waals surface area (Å²) in [4.78, 5) is 29.0. The number of carbonyl (C=O) groups is 1. The van der Waals surface area contributed by atoms with Gasteiger partial charge in [0.2, 0.25) is 0 Å². The van der Waals surface area contributed by atoms with Crippen molar-refractivity contribution in [1.82, 2.24) is 19.5 Å². The highest BCUT2D eigenvalue weighted by Gasteiger charge is 2.47. The first-order valence-electron chi connectivity index (χ1n) is 16.4. The topological polar surface area (TPSA) is 179 Å². The summed E-state index contributed by atoms with van der Waals surface area (Å²) in [7, 11) is 3.21. The number of rotatable bonds is 12. The summed E-state index contributed by atoms with van der Waals surface area (Å²) in [6, 6.07) is 32.5. The normalized spacial score (nSPS) is 18.4. The predicted octanol–water partition coefficient (Wildman–Crippen LogP) is 6.04. The van der Waals surface area contributed by atoms with E-state index >= 15 is 0 Å². The number of nitrogens with zero attached hydrogens (tertiary/aromatic N) is 7. The quantitative estimate of drug-likeness (QED) is 0.0667. The molecule has 0 aliphatic carbocycles. The van der Waals surface area contributed by atoms with Crippen LogP contribution < -0.4 is 14.8 Å². The van der Waals surface area contributed by atoms with Crippen molar-refractivity contribution in [1.29, 1.82) is 0 Å². The number of azide groups is 1. The smallest absolute Gasteiger partial charge is 0.256 e. The Kier molecular flexibility index (Phi) is 9.78. The van der Waals surface area contributed by atoms with E-state index in [-0.39, 0.29) is 23.8 Å². The van der Waals surface area contributed by atoms with Gasteiger partial charge in [-0.2, -0.15) is 0 Å². The first-order chi connectivity index (χ1) is 25.5. The molecule has 0 unspecified atom stereocenters. The summed E-state index contributed by atoms with van der Waals surface area (Å²) >= 11 is 0. The van der Waals surface area contributed by atoms with Crippen molar-refractivity contribution < 1.29 is 28.8 Å². The molecule has 1 amide bonds. The lowest BCUT2D eigenvalue weighted by Crippen LogP contribution is -2.39. The monoisotopic (exact) mass is 698 g/mol. The van der Waals surface area contributed by atoms with E-state index in [1.807, 2.05) is 84.9 Å². The molecule has 4 aromatic carbocycles. The number of aliphatic hydroxyl groups is 1. The van der Waals surface area contributed by atoms with Gasteiger partial charge in [-0.05, 0) is 58.6 Å². The maximum Gasteiger partial charge on any atom is 0.256 e. The zero-order chi connectivity index (χ0) is 36.1. The molecule has 6 aromatic rings. The molecule has 1 saturated heterocycles. The highest BCUT2D eigenvalue weighted by molar-refractivity contribution is 6.06. The van der Waals surface area contributed by atoms with Crippen molar-refractivity contribution in [3.63, 3.8) is 0 Å². The van der Waals surface area contributed by atoms with Crippen molar-refractivity contribution in [3.05, 3.63) is 155 Å². The maximum atomic E-state index is 12.9. The van der Waals surface area contributed by atoms with Crippen molar-refractivity contribution in [2.75, 3.05) is 26.1 Å². The first kappa shape index (κ1) is 34.2. The minimum absolute atomic E-state index is 0.107. The van der Waals surface area contributed by atoms with Gasteiger partial charge in [0.15, 0.2) is 23.2 Å². The number of nitrogens with one attached hydrogen (secondary N) is 1. The first-order valence-corrected chi connectivity index (χ1v) is 16.4. The predicted molar refractivity (Wildman–Crippen MR) is 191 cm³/mol. The van der Waals surface area contributed by atoms with Gasteiger partial charge in [0.05, 0.1) is 39.3 Å². The Labute approximate surface area is 298 Å². The molecule has 14 nitrogen and oxygen atoms in total. The number of ether oxygens (including phenoxy) is 4. The summed E-state index contributed by atoms with van der Waals surface area (Å²) in [5.41, 5.74) is 11.8. The zero-order valence-corrected chi connectivity index (χ0v) is 28.2. The van der Waals surface area contributed by atoms with Gasteiger partial charge in [0.1, 0.15) is 29.5 Å². The fourth-order valence-electron chi connectivity index (χ4n) is 6.48. The lowest BCUT2D eigenvalue weighted by atomic mass is 9.80. The van der Waals surface area contributed by atoms with Crippen molar-refractivity contribution >= 4 is 22.9 Å². The number of fused-ring (bicyclic) bond motifs is 1. The van der Waals surface area contributed by atoms with Gasteiger partial charge >= 0.3 is 0 Å². The number of amides is 1. The minimum atomic E-state index is -1.31. The highest BCUT2D eigenvalue weighted by Crippen LogP contribution is 2.43. The van der Waals surface area contributed by atoms with Crippen LogP contribution in [0.25, 0.3) is 21.6 Å². The average molecular weight is 699 g/mol. The molecule has 1 fully saturated rings. The molecule has 1 aliphatic rings. The van der Waals surface area contributed by atoms with Crippen molar-refractivity contribution in [2.45, 2.75) is 30.1 Å². The molecule has 7 rings (SSSR count). The van der Waals surface area contributed by atoms with Crippen LogP contribution in [-0.4, -0.2) is 69.6 Å². The van der Waals surface area contributed by atoms with Crippen molar-refractivity contribution in [2.24, 2.45) is 5.11 Å². The lowest BCUT2D eigenvalue weighted by Gasteiger charge is -2.37. The second-order valence-corrected chi connectivity index (χ2v) is 11.9. The number of aliphatic hydroxyl groups excluding tert-OH is 1. The van der Waals surface area contributed by atoms with Gasteiger partial charge in [-0.15, -0.1) is 0 Å². The molecule has 52 heavy (non-hydrogen) atoms. The van der Waals surface area contributed by atoms with Gasteiger partial charge in [-0.3, -0.25) is 9.36 Å². The Morgan fingerprint density at radius 2 is 1.48 bits per heavy atom. The van der Waals surface area contributed by atoms with E-state index in [2.05, 4.69) is 30.3 Å². The summed E-state index contributed by atoms with van der Waals surface area (Å²) < 4.78 is 25.9. The van der Waals surface area contributed by atoms with Gasteiger partial charge in [0, 0.05) is 10.5 Å². The molecular formula is C38H34N8O6. The van der Waals surface area contributed by atoms with E-state index in [4.69, 9.17) is 18.9 Å². The molecule has 3 heterocycles. The summed E-state index contributed by atoms with van der Waals surface area (Å²) in [5.74, 6) is 1.16. The number of anilines is 1. The fraction of sp³-hybridized carbons (Fsp3) is 0.211. The van der Waals surface area contributed by atoms with E-state index in [0.29, 0.717) is 22.7 Å². The Balaban J connectivity index is 1.24. The number of imidazole rings is 1. The van der Waals surface area contributed by atoms with Gasteiger partial charge in [-0.25, -0.2) is 15.0 Å². The van der Waals surface area contributed by atoms with Gasteiger partial charge < -0.3 is 29.4 Å². The molecule has 0 radical (unpaired) electrons. The average Bonchev–Trinajstić information content (AvgIpc) is 3.77. The number of benzene rings is 4. The van der Waals surface area contributed by atoms with Gasteiger partial charge in [0.25, 0.3) is 5.91 Å². The number of hydrogen-bond acceptors (Lipinski definition) is 10. The highest BCUT2D eigenvalue weighted by atomic mass is 16.6. The standard InChI is InChI=1S/C38H34N8O6/c1-49-28-17-13-26(14-18-28)38(25-11-7-4-8-12-25,27-15-19-29(50-2)20-16-27)51-21-30-31(44-45-39)33(47)37(52-30)46-23-42-32-34(40-22-41-35(32)46)43-36(48)24-9-5-3-6-10-24/h3-20,22-23,30-31,33,37,47H,21H2,1-2H3,(H,40,41,43,48)/t30-,31-,33-,37-/m1/s1. The molecule has 0 saturated carbocycles. The lowest BCUT2D eigenvalue weighted by molar-refractivity contribution is -0.0860. The van der Waals surface area contributed by atoms with E-state index in [9.17, 15) is 15.4 Å². The molecule has 0 bridgehead atoms. The van der Waals surface area contributed by atoms with E-state index in [0.717, 1.165) is 16.7 Å². The Morgan fingerprint density at radius 3 is 2.08 bits per heavy atom. The van der Waals surface area contributed by atoms with E-state index in [1.165, 1.54) is 17.2 Å². The van der Waals surface area contributed by atoms with Crippen molar-refractivity contribution in [3.8, 4) is 11.5 Å². The van der Waals surface area contributed by atoms with Crippen LogP contribution in [0.1, 0.15) is 33.3 Å². The second-order valence-electron chi connectivity index (χ2n) is 11.9. The molecule has 4 atom stereocenters. The van der Waals surface area contributed by atoms with Crippen LogP contribution in [0.5, 0.6) is 11.5 Å². The van der Waals surface area contributed by atoms with Gasteiger partial charge in [-0.1, -0.05) is 77.9 Å². The number of carbonyl (C=O) groups excluding carboxylic acids is 1. The fourth-order valence-corrected chi connectivity index (χ4v) is 6.48. The number of hydrogen-bond donors (Lipinski definition) is 2. The Bertz CT molecular complexity index is 2150. The molecule has 262 valence electrons. The SMILES string of the molecule is COc1ccc(C(OC[C@H]2O[C@@H](n3cnc4c(NC(=O)c5ccccc5)ncnc43)[C@H](O)[C@@H]2N=[N+]=[N-])(c2ccccc2)c2ccc(OC)cc2)cc1. The van der Waals surface area contributed by atoms with E-state index < -0.39 is 30.1 Å². The molecule has 14 heteroatoms. The second kappa shape index (κ2) is 14.9. The molecule has 2 N–H and O–H groups in total. The Morgan fingerprint density at radius 1 is 0.885 bits per heavy atom. The summed E-state index contributed by atoms with van der Waals surface area (Å²) in [6.45, 7) is -0.107. The third-order valence-corrected chi connectivity index (χ3v) is 9.06. The van der Waals surface area contributed by atoms with E-state index in [1.54, 1.807) is 38.5 Å². The van der Waals surface area contributed by atoms with Crippen LogP contribution in [0.4, 0.5) is 5.82 Å². The zero-order valence-electron chi connectivity index (χ0n) is 28.2. The van der Waals surface area contributed by atoms with Crippen LogP contribution >= 0.6 is 0 Å². The molecular weight excluding hydrogens is 664 g/mol. The number of aromatic nitrogens is 4. The van der Waals surface area contributed by atoms with Crippen LogP contribution in [0, 0.1) is 0 Å². The number of methoxy groups -OCH3 is 2. The molecule has 2 aromatic heterocycles. The minimum Gasteiger partial charge on any atom is -0.497 e. The third-order valence-electron chi connectivity index (χ3n) is 9.06.